The van der Waals surface area contributed by atoms with Gasteiger partial charge in [-0.3, -0.25) is 29.3 Å². The highest BCUT2D eigenvalue weighted by atomic mass is 16.9. The van der Waals surface area contributed by atoms with Crippen molar-refractivity contribution in [2.45, 2.75) is 53.4 Å². The molecule has 0 heterocycles. The van der Waals surface area contributed by atoms with Crippen LogP contribution in [0.1, 0.15) is 74.1 Å². The number of carbonyl (C=O) groups is 4. The van der Waals surface area contributed by atoms with Crippen molar-refractivity contribution in [2.75, 3.05) is 40.6 Å². The number of ether oxygens (including phenoxy) is 6. The Balaban J connectivity index is 0.000000814. The van der Waals surface area contributed by atoms with E-state index in [9.17, 15) is 29.3 Å². The molecule has 2 aromatic carbocycles. The minimum Gasteiger partial charge on any atom is -0.493 e. The molecule has 0 aliphatic rings. The molecule has 17 nitrogen and oxygen atoms in total. The molecule has 0 amide bonds. The van der Waals surface area contributed by atoms with Gasteiger partial charge in [0.25, 0.3) is 10.8 Å². The molecular weight excluding hydrogens is 628 g/mol. The summed E-state index contributed by atoms with van der Waals surface area (Å²) in [7, 11) is 2.89. The first-order valence-electron chi connectivity index (χ1n) is 14.2. The Morgan fingerprint density at radius 3 is 1.60 bits per heavy atom. The van der Waals surface area contributed by atoms with Crippen LogP contribution < -0.4 is 18.9 Å². The van der Waals surface area contributed by atoms with Gasteiger partial charge < -0.3 is 33.6 Å². The molecule has 47 heavy (non-hydrogen) atoms. The summed E-state index contributed by atoms with van der Waals surface area (Å²) >= 11 is 0. The lowest BCUT2D eigenvalue weighted by molar-refractivity contribution is -0.742. The number of nitro benzene ring substituents is 1. The maximum Gasteiger partial charge on any atom is 0.305 e. The van der Waals surface area contributed by atoms with Crippen molar-refractivity contribution in [1.82, 2.24) is 0 Å². The number of hydrogen-bond acceptors (Lipinski definition) is 14. The molecular formula is C30H40N2O15. The summed E-state index contributed by atoms with van der Waals surface area (Å²) in [6.45, 7) is 7.47. The molecule has 0 spiro atoms. The van der Waals surface area contributed by atoms with E-state index in [1.807, 2.05) is 0 Å². The lowest BCUT2D eigenvalue weighted by Crippen LogP contribution is -2.08. The number of ketones is 2. The molecule has 0 saturated carbocycles. The van der Waals surface area contributed by atoms with E-state index in [0.717, 1.165) is 6.07 Å². The SMILES string of the molecule is CCOC(=O)CCCOc1cc([N+](=O)[O-])c(C(C)=O)cc1OC.CCOC(=O)CCCOc1ccc(C(C)=O)cc1OC.O=[N+]([O-])O. The summed E-state index contributed by atoms with van der Waals surface area (Å²) < 4.78 is 30.9. The number of rotatable bonds is 17. The van der Waals surface area contributed by atoms with Gasteiger partial charge in [-0.25, -0.2) is 0 Å². The Bertz CT molecular complexity index is 1360. The van der Waals surface area contributed by atoms with Gasteiger partial charge in [-0.1, -0.05) is 0 Å². The van der Waals surface area contributed by atoms with E-state index < -0.39 is 15.8 Å². The molecule has 2 aromatic rings. The molecule has 0 fully saturated rings. The van der Waals surface area contributed by atoms with E-state index in [2.05, 4.69) is 0 Å². The van der Waals surface area contributed by atoms with Crippen molar-refractivity contribution in [1.29, 1.82) is 0 Å². The topological polar surface area (TPSA) is 230 Å². The van der Waals surface area contributed by atoms with Crippen LogP contribution in [-0.4, -0.2) is 79.4 Å². The lowest BCUT2D eigenvalue weighted by Gasteiger charge is -2.12. The van der Waals surface area contributed by atoms with Crippen LogP contribution in [0.15, 0.2) is 30.3 Å². The molecule has 0 aromatic heterocycles. The van der Waals surface area contributed by atoms with Crippen LogP contribution >= 0.6 is 0 Å². The number of methoxy groups -OCH3 is 2. The zero-order valence-electron chi connectivity index (χ0n) is 27.1. The Morgan fingerprint density at radius 2 is 1.19 bits per heavy atom. The Kier molecular flexibility index (Phi) is 20.3. The quantitative estimate of drug-likeness (QED) is 0.0784. The summed E-state index contributed by atoms with van der Waals surface area (Å²) in [4.78, 5) is 63.9. The summed E-state index contributed by atoms with van der Waals surface area (Å²) in [5.74, 6) is 0.400. The molecule has 0 saturated heterocycles. The van der Waals surface area contributed by atoms with E-state index in [1.165, 1.54) is 34.1 Å². The molecule has 0 aliphatic carbocycles. The van der Waals surface area contributed by atoms with Gasteiger partial charge in [-0.2, -0.15) is 0 Å². The van der Waals surface area contributed by atoms with E-state index >= 15 is 0 Å². The molecule has 0 radical (unpaired) electrons. The third-order valence-corrected chi connectivity index (χ3v) is 5.60. The van der Waals surface area contributed by atoms with E-state index in [1.54, 1.807) is 32.0 Å². The zero-order chi connectivity index (χ0) is 35.9. The van der Waals surface area contributed by atoms with E-state index in [0.29, 0.717) is 56.1 Å². The number of nitro groups is 1. The zero-order valence-corrected chi connectivity index (χ0v) is 27.1. The molecule has 0 bridgehead atoms. The highest BCUT2D eigenvalue weighted by molar-refractivity contribution is 5.99. The average Bonchev–Trinajstić information content (AvgIpc) is 3.01. The Labute approximate surface area is 270 Å². The number of Topliss-reactive ketones (excluding diaryl/α,β-unsaturated/α-hetero) is 2. The largest absolute Gasteiger partial charge is 0.493 e. The second-order valence-electron chi connectivity index (χ2n) is 9.01. The fraction of sp³-hybridized carbons (Fsp3) is 0.467. The highest BCUT2D eigenvalue weighted by Crippen LogP contribution is 2.35. The smallest absolute Gasteiger partial charge is 0.305 e. The molecule has 0 unspecified atom stereocenters. The second-order valence-corrected chi connectivity index (χ2v) is 9.01. The summed E-state index contributed by atoms with van der Waals surface area (Å²) in [5, 5.41) is 24.7. The standard InChI is InChI=1S/C15H19NO7.C15H20O5.HNO3/c1-4-22-15(18)6-5-7-23-14-9-12(16(19)20)11(10(2)17)8-13(14)21-3;1-4-19-15(17)6-5-9-20-13-8-7-12(11(2)16)10-14(13)18-3;2-1(3)4/h8-9H,4-7H2,1-3H3;7-8,10H,4-6,9H2,1-3H3;(H,2,3,4). The fourth-order valence-corrected chi connectivity index (χ4v) is 3.52. The number of hydrogen-bond donors (Lipinski definition) is 1. The van der Waals surface area contributed by atoms with Crippen LogP contribution in [0.25, 0.3) is 0 Å². The van der Waals surface area contributed by atoms with E-state index in [4.69, 9.17) is 43.7 Å². The Hall–Kier alpha value is -5.48. The van der Waals surface area contributed by atoms with Crippen LogP contribution in [-0.2, 0) is 19.1 Å². The van der Waals surface area contributed by atoms with Crippen molar-refractivity contribution in [3.8, 4) is 23.0 Å². The number of carbonyl (C=O) groups excluding carboxylic acids is 4. The summed E-state index contributed by atoms with van der Waals surface area (Å²) in [6.07, 6.45) is 1.46. The van der Waals surface area contributed by atoms with Gasteiger partial charge in [0, 0.05) is 24.5 Å². The van der Waals surface area contributed by atoms with Crippen molar-refractivity contribution >= 4 is 29.2 Å². The Morgan fingerprint density at radius 1 is 0.723 bits per heavy atom. The molecule has 0 aliphatic heterocycles. The van der Waals surface area contributed by atoms with Crippen LogP contribution in [0.4, 0.5) is 5.69 Å². The summed E-state index contributed by atoms with van der Waals surface area (Å²) in [5.41, 5.74) is 0.171. The predicted octanol–water partition coefficient (Wildman–Crippen LogP) is 4.80. The van der Waals surface area contributed by atoms with Gasteiger partial charge >= 0.3 is 11.9 Å². The molecule has 260 valence electrons. The highest BCUT2D eigenvalue weighted by Gasteiger charge is 2.22. The van der Waals surface area contributed by atoms with Crippen molar-refractivity contribution < 1.29 is 62.8 Å². The van der Waals surface area contributed by atoms with Gasteiger partial charge in [-0.15, -0.1) is 10.1 Å². The van der Waals surface area contributed by atoms with Crippen molar-refractivity contribution in [3.63, 3.8) is 0 Å². The normalized spacial score (nSPS) is 9.66. The third kappa shape index (κ3) is 17.0. The molecule has 1 N–H and O–H groups in total. The molecule has 2 rings (SSSR count). The average molecular weight is 669 g/mol. The maximum atomic E-state index is 11.5. The van der Waals surface area contributed by atoms with Gasteiger partial charge in [0.05, 0.1) is 57.2 Å². The van der Waals surface area contributed by atoms with Crippen LogP contribution in [0.5, 0.6) is 23.0 Å². The number of benzene rings is 2. The van der Waals surface area contributed by atoms with Gasteiger partial charge in [-0.05, 0) is 58.7 Å². The van der Waals surface area contributed by atoms with Gasteiger partial charge in [0.15, 0.2) is 34.6 Å². The van der Waals surface area contributed by atoms with Crippen LogP contribution in [0.3, 0.4) is 0 Å². The van der Waals surface area contributed by atoms with Gasteiger partial charge in [0.1, 0.15) is 0 Å². The first kappa shape index (κ1) is 41.5. The fourth-order valence-electron chi connectivity index (χ4n) is 3.52. The van der Waals surface area contributed by atoms with Crippen LogP contribution in [0, 0.1) is 20.2 Å². The lowest BCUT2D eigenvalue weighted by atomic mass is 10.1. The minimum atomic E-state index is -1.50. The third-order valence-electron chi connectivity index (χ3n) is 5.60. The van der Waals surface area contributed by atoms with E-state index in [-0.39, 0.29) is 53.5 Å². The first-order chi connectivity index (χ1) is 22.2. The van der Waals surface area contributed by atoms with Crippen LogP contribution in [0.2, 0.25) is 0 Å². The molecule has 17 heteroatoms. The number of esters is 2. The summed E-state index contributed by atoms with van der Waals surface area (Å²) in [6, 6.07) is 7.45. The van der Waals surface area contributed by atoms with Crippen molar-refractivity contribution in [2.24, 2.45) is 0 Å². The van der Waals surface area contributed by atoms with Crippen molar-refractivity contribution in [3.05, 3.63) is 61.7 Å². The maximum absolute atomic E-state index is 11.5. The predicted molar refractivity (Wildman–Crippen MR) is 164 cm³/mol. The number of nitrogens with zero attached hydrogens (tertiary/aromatic N) is 2. The minimum absolute atomic E-state index is 0.0304. The molecule has 0 atom stereocenters. The second kappa shape index (κ2) is 22.9. The van der Waals surface area contributed by atoms with Gasteiger partial charge in [0.2, 0.25) is 0 Å². The first-order valence-corrected chi connectivity index (χ1v) is 14.2. The monoisotopic (exact) mass is 668 g/mol.